The standard InChI is InChI=1S/C30H34N2O4S/c1-22(2)18-27(31-29(34)16-15-23-10-5-3-6-11-23)30(35)32-26(19-24-12-7-4-8-13-24)28(33)21-37-20-25-14-9-17-36-25/h3-17,22,26-27H,18-21H2,1-2H3,(H,31,34)(H,32,35)/t26-,27-/m0/s1. The van der Waals surface area contributed by atoms with Crippen LogP contribution in [0, 0.1) is 5.92 Å². The summed E-state index contributed by atoms with van der Waals surface area (Å²) < 4.78 is 5.34. The number of carbonyl (C=O) groups is 3. The molecule has 194 valence electrons. The molecule has 3 aromatic rings. The predicted octanol–water partition coefficient (Wildman–Crippen LogP) is 5.05. The summed E-state index contributed by atoms with van der Waals surface area (Å²) in [6, 6.07) is 21.3. The fraction of sp³-hybridized carbons (Fsp3) is 0.300. The highest BCUT2D eigenvalue weighted by molar-refractivity contribution is 7.99. The number of rotatable bonds is 14. The average Bonchev–Trinajstić information content (AvgIpc) is 3.41. The monoisotopic (exact) mass is 518 g/mol. The van der Waals surface area contributed by atoms with Crippen molar-refractivity contribution >= 4 is 35.4 Å². The SMILES string of the molecule is CC(C)C[C@H](NC(=O)C=Cc1ccccc1)C(=O)N[C@@H](Cc1ccccc1)C(=O)CSCc1ccco1. The van der Waals surface area contributed by atoms with Crippen molar-refractivity contribution < 1.29 is 18.8 Å². The molecule has 0 fully saturated rings. The minimum Gasteiger partial charge on any atom is -0.468 e. The van der Waals surface area contributed by atoms with Gasteiger partial charge in [0.25, 0.3) is 0 Å². The topological polar surface area (TPSA) is 88.4 Å². The Morgan fingerprint density at radius 1 is 0.892 bits per heavy atom. The molecule has 0 bridgehead atoms. The number of nitrogens with one attached hydrogen (secondary N) is 2. The molecule has 1 aromatic heterocycles. The molecular formula is C30H34N2O4S. The number of thioether (sulfide) groups is 1. The largest absolute Gasteiger partial charge is 0.468 e. The third-order valence-electron chi connectivity index (χ3n) is 5.62. The molecule has 1 heterocycles. The molecule has 0 unspecified atom stereocenters. The van der Waals surface area contributed by atoms with Gasteiger partial charge in [-0.15, -0.1) is 11.8 Å². The van der Waals surface area contributed by atoms with Gasteiger partial charge in [0.1, 0.15) is 11.8 Å². The summed E-state index contributed by atoms with van der Waals surface area (Å²) in [4.78, 5) is 39.1. The minimum atomic E-state index is -0.755. The van der Waals surface area contributed by atoms with Gasteiger partial charge in [-0.2, -0.15) is 0 Å². The number of benzene rings is 2. The zero-order valence-corrected chi connectivity index (χ0v) is 22.1. The highest BCUT2D eigenvalue weighted by Gasteiger charge is 2.27. The summed E-state index contributed by atoms with van der Waals surface area (Å²) in [6.07, 6.45) is 5.57. The second kappa shape index (κ2) is 14.9. The number of Topliss-reactive ketones (excluding diaryl/α,β-unsaturated/α-hetero) is 1. The first-order chi connectivity index (χ1) is 17.9. The van der Waals surface area contributed by atoms with Gasteiger partial charge in [0.05, 0.1) is 23.8 Å². The van der Waals surface area contributed by atoms with Gasteiger partial charge < -0.3 is 15.1 Å². The molecule has 0 saturated carbocycles. The van der Waals surface area contributed by atoms with Crippen LogP contribution in [-0.2, 0) is 26.6 Å². The lowest BCUT2D eigenvalue weighted by atomic mass is 10.00. The van der Waals surface area contributed by atoms with Crippen LogP contribution in [0.25, 0.3) is 6.08 Å². The van der Waals surface area contributed by atoms with Crippen LogP contribution in [0.15, 0.2) is 89.6 Å². The molecule has 0 spiro atoms. The smallest absolute Gasteiger partial charge is 0.244 e. The van der Waals surface area contributed by atoms with E-state index in [2.05, 4.69) is 10.6 Å². The number of hydrogen-bond acceptors (Lipinski definition) is 5. The van der Waals surface area contributed by atoms with Crippen molar-refractivity contribution in [1.82, 2.24) is 10.6 Å². The highest BCUT2D eigenvalue weighted by Crippen LogP contribution is 2.15. The zero-order valence-electron chi connectivity index (χ0n) is 21.3. The molecule has 2 aromatic carbocycles. The lowest BCUT2D eigenvalue weighted by Crippen LogP contribution is -2.52. The fourth-order valence-electron chi connectivity index (χ4n) is 3.77. The summed E-state index contributed by atoms with van der Waals surface area (Å²) in [6.45, 7) is 3.98. The minimum absolute atomic E-state index is 0.0765. The molecule has 2 amide bonds. The van der Waals surface area contributed by atoms with Crippen molar-refractivity contribution in [2.24, 2.45) is 5.92 Å². The van der Waals surface area contributed by atoms with E-state index in [4.69, 9.17) is 4.42 Å². The number of ketones is 1. The van der Waals surface area contributed by atoms with E-state index < -0.39 is 12.1 Å². The van der Waals surface area contributed by atoms with Crippen LogP contribution in [-0.4, -0.2) is 35.4 Å². The van der Waals surface area contributed by atoms with Gasteiger partial charge in [-0.1, -0.05) is 74.5 Å². The van der Waals surface area contributed by atoms with Crippen LogP contribution in [0.2, 0.25) is 0 Å². The van der Waals surface area contributed by atoms with Gasteiger partial charge in [0.15, 0.2) is 5.78 Å². The molecule has 0 aliphatic heterocycles. The molecular weight excluding hydrogens is 484 g/mol. The first kappa shape index (κ1) is 28.0. The van der Waals surface area contributed by atoms with Crippen molar-refractivity contribution in [2.75, 3.05) is 5.75 Å². The zero-order chi connectivity index (χ0) is 26.5. The Labute approximate surface area is 222 Å². The molecule has 37 heavy (non-hydrogen) atoms. The van der Waals surface area contributed by atoms with E-state index in [1.165, 1.54) is 17.8 Å². The lowest BCUT2D eigenvalue weighted by Gasteiger charge is -2.24. The molecule has 0 saturated heterocycles. The number of carbonyl (C=O) groups excluding carboxylic acids is 3. The Morgan fingerprint density at radius 2 is 1.59 bits per heavy atom. The van der Waals surface area contributed by atoms with Crippen molar-refractivity contribution in [2.45, 2.75) is 44.5 Å². The molecule has 2 atom stereocenters. The van der Waals surface area contributed by atoms with E-state index >= 15 is 0 Å². The Bertz CT molecular complexity index is 1140. The first-order valence-electron chi connectivity index (χ1n) is 12.4. The van der Waals surface area contributed by atoms with Crippen molar-refractivity contribution in [3.63, 3.8) is 0 Å². The normalized spacial score (nSPS) is 12.8. The van der Waals surface area contributed by atoms with Gasteiger partial charge in [0.2, 0.25) is 11.8 Å². The Balaban J connectivity index is 1.66. The van der Waals surface area contributed by atoms with Gasteiger partial charge >= 0.3 is 0 Å². The fourth-order valence-corrected chi connectivity index (χ4v) is 4.64. The van der Waals surface area contributed by atoms with Gasteiger partial charge in [0, 0.05) is 6.08 Å². The maximum absolute atomic E-state index is 13.3. The molecule has 7 heteroatoms. The highest BCUT2D eigenvalue weighted by atomic mass is 32.2. The summed E-state index contributed by atoms with van der Waals surface area (Å²) in [5.74, 6) is 0.979. The molecule has 6 nitrogen and oxygen atoms in total. The third-order valence-corrected chi connectivity index (χ3v) is 6.60. The van der Waals surface area contributed by atoms with E-state index in [-0.39, 0.29) is 29.3 Å². The van der Waals surface area contributed by atoms with Crippen LogP contribution in [0.3, 0.4) is 0 Å². The Hall–Kier alpha value is -3.58. The Morgan fingerprint density at radius 3 is 2.24 bits per heavy atom. The predicted molar refractivity (Wildman–Crippen MR) is 149 cm³/mol. The molecule has 0 aliphatic rings. The summed E-state index contributed by atoms with van der Waals surface area (Å²) >= 11 is 1.45. The summed E-state index contributed by atoms with van der Waals surface area (Å²) in [7, 11) is 0. The Kier molecular flexibility index (Phi) is 11.2. The number of furan rings is 1. The lowest BCUT2D eigenvalue weighted by molar-refractivity contribution is -0.130. The van der Waals surface area contributed by atoms with Crippen LogP contribution in [0.4, 0.5) is 0 Å². The van der Waals surface area contributed by atoms with E-state index in [1.807, 2.05) is 86.6 Å². The third kappa shape index (κ3) is 10.1. The number of hydrogen-bond donors (Lipinski definition) is 2. The van der Waals surface area contributed by atoms with Crippen LogP contribution < -0.4 is 10.6 Å². The molecule has 0 aliphatic carbocycles. The van der Waals surface area contributed by atoms with E-state index in [0.717, 1.165) is 16.9 Å². The second-order valence-electron chi connectivity index (χ2n) is 9.22. The van der Waals surface area contributed by atoms with E-state index in [0.29, 0.717) is 18.6 Å². The van der Waals surface area contributed by atoms with E-state index in [9.17, 15) is 14.4 Å². The van der Waals surface area contributed by atoms with Gasteiger partial charge in [-0.3, -0.25) is 14.4 Å². The molecule has 0 radical (unpaired) electrons. The number of amides is 2. The van der Waals surface area contributed by atoms with Crippen LogP contribution in [0.5, 0.6) is 0 Å². The van der Waals surface area contributed by atoms with Crippen molar-refractivity contribution in [1.29, 1.82) is 0 Å². The summed E-state index contributed by atoms with van der Waals surface area (Å²) in [5.41, 5.74) is 1.84. The van der Waals surface area contributed by atoms with E-state index in [1.54, 1.807) is 12.3 Å². The maximum Gasteiger partial charge on any atom is 0.244 e. The molecule has 3 rings (SSSR count). The maximum atomic E-state index is 13.3. The van der Waals surface area contributed by atoms with Gasteiger partial charge in [-0.25, -0.2) is 0 Å². The second-order valence-corrected chi connectivity index (χ2v) is 10.2. The van der Waals surface area contributed by atoms with Crippen molar-refractivity contribution in [3.8, 4) is 0 Å². The van der Waals surface area contributed by atoms with Crippen LogP contribution >= 0.6 is 11.8 Å². The first-order valence-corrected chi connectivity index (χ1v) is 13.6. The van der Waals surface area contributed by atoms with Crippen LogP contribution in [0.1, 0.15) is 37.2 Å². The quantitative estimate of drug-likeness (QED) is 0.292. The van der Waals surface area contributed by atoms with Gasteiger partial charge in [-0.05, 0) is 48.1 Å². The molecule has 2 N–H and O–H groups in total. The summed E-state index contributed by atoms with van der Waals surface area (Å²) in [5, 5.41) is 5.75. The average molecular weight is 519 g/mol. The van der Waals surface area contributed by atoms with Crippen molar-refractivity contribution in [3.05, 3.63) is 102 Å².